The van der Waals surface area contributed by atoms with Gasteiger partial charge in [-0.2, -0.15) is 0 Å². The standard InChI is InChI=1S/C24H24ClN3O5S/c1-15-18(25)4-3-5-21(15)34(29,30)27-24-23(22-17(13-26-24)8-10-32-22)33-14-16-6-7-20-19(12-16)28(2)9-11-31-20/h3-7,12-13H,8-11,14H2,1-2H3,(H,26,27). The number of hydrogen-bond acceptors (Lipinski definition) is 7. The lowest BCUT2D eigenvalue weighted by Crippen LogP contribution is -2.28. The number of anilines is 2. The van der Waals surface area contributed by atoms with Gasteiger partial charge in [-0.25, -0.2) is 13.4 Å². The zero-order chi connectivity index (χ0) is 23.9. The normalized spacial score (nSPS) is 14.6. The quantitative estimate of drug-likeness (QED) is 0.541. The summed E-state index contributed by atoms with van der Waals surface area (Å²) < 4.78 is 46.5. The number of benzene rings is 2. The number of halogens is 1. The third kappa shape index (κ3) is 4.21. The summed E-state index contributed by atoms with van der Waals surface area (Å²) in [7, 11) is -1.95. The average molecular weight is 502 g/mol. The summed E-state index contributed by atoms with van der Waals surface area (Å²) in [6.45, 7) is 3.79. The molecule has 0 atom stereocenters. The lowest BCUT2D eigenvalue weighted by atomic mass is 10.1. The molecule has 0 saturated heterocycles. The van der Waals surface area contributed by atoms with Gasteiger partial charge in [0.05, 0.1) is 23.7 Å². The minimum atomic E-state index is -3.96. The van der Waals surface area contributed by atoms with E-state index in [4.69, 9.17) is 25.8 Å². The van der Waals surface area contributed by atoms with E-state index in [1.165, 1.54) is 6.07 Å². The lowest BCUT2D eigenvalue weighted by Gasteiger charge is -2.28. The van der Waals surface area contributed by atoms with Gasteiger partial charge in [-0.15, -0.1) is 0 Å². The number of pyridine rings is 1. The number of likely N-dealkylation sites (N-methyl/N-ethyl adjacent to an activating group) is 1. The van der Waals surface area contributed by atoms with Crippen molar-refractivity contribution in [2.24, 2.45) is 0 Å². The van der Waals surface area contributed by atoms with Crippen molar-refractivity contribution in [2.75, 3.05) is 36.4 Å². The maximum absolute atomic E-state index is 13.2. The molecular weight excluding hydrogens is 478 g/mol. The maximum atomic E-state index is 13.2. The third-order valence-electron chi connectivity index (χ3n) is 5.92. The van der Waals surface area contributed by atoms with E-state index < -0.39 is 10.0 Å². The molecule has 2 aliphatic heterocycles. The van der Waals surface area contributed by atoms with E-state index in [1.54, 1.807) is 25.3 Å². The zero-order valence-corrected chi connectivity index (χ0v) is 20.4. The molecule has 3 aromatic rings. The molecule has 34 heavy (non-hydrogen) atoms. The highest BCUT2D eigenvalue weighted by Crippen LogP contribution is 2.42. The Bertz CT molecular complexity index is 1360. The van der Waals surface area contributed by atoms with Crippen LogP contribution in [0, 0.1) is 6.92 Å². The van der Waals surface area contributed by atoms with Crippen LogP contribution in [-0.2, 0) is 23.1 Å². The fourth-order valence-electron chi connectivity index (χ4n) is 4.02. The van der Waals surface area contributed by atoms with Crippen LogP contribution in [0.5, 0.6) is 17.2 Å². The van der Waals surface area contributed by atoms with Crippen LogP contribution in [-0.4, -0.2) is 40.2 Å². The molecule has 0 bridgehead atoms. The number of hydrogen-bond donors (Lipinski definition) is 1. The van der Waals surface area contributed by atoms with E-state index in [9.17, 15) is 8.42 Å². The van der Waals surface area contributed by atoms with Crippen LogP contribution in [0.3, 0.4) is 0 Å². The first kappa shape index (κ1) is 22.6. The van der Waals surface area contributed by atoms with Gasteiger partial charge >= 0.3 is 0 Å². The van der Waals surface area contributed by atoms with E-state index >= 15 is 0 Å². The van der Waals surface area contributed by atoms with E-state index in [0.717, 1.165) is 29.1 Å². The minimum Gasteiger partial charge on any atom is -0.490 e. The molecule has 178 valence electrons. The van der Waals surface area contributed by atoms with Crippen molar-refractivity contribution in [1.82, 2.24) is 4.98 Å². The molecule has 0 saturated carbocycles. The van der Waals surface area contributed by atoms with E-state index in [-0.39, 0.29) is 23.1 Å². The topological polar surface area (TPSA) is 90.0 Å². The summed E-state index contributed by atoms with van der Waals surface area (Å²) in [6, 6.07) is 10.6. The molecule has 3 heterocycles. The van der Waals surface area contributed by atoms with Crippen LogP contribution in [0.1, 0.15) is 16.7 Å². The van der Waals surface area contributed by atoms with Gasteiger partial charge in [-0.1, -0.05) is 23.7 Å². The molecule has 0 fully saturated rings. The first-order valence-corrected chi connectivity index (χ1v) is 12.7. The Kier molecular flexibility index (Phi) is 5.91. The summed E-state index contributed by atoms with van der Waals surface area (Å²) in [5, 5.41) is 0.367. The molecule has 0 radical (unpaired) electrons. The molecule has 1 N–H and O–H groups in total. The highest BCUT2D eigenvalue weighted by atomic mass is 35.5. The molecule has 8 nitrogen and oxygen atoms in total. The lowest BCUT2D eigenvalue weighted by molar-refractivity contribution is 0.277. The average Bonchev–Trinajstić information content (AvgIpc) is 3.29. The molecule has 1 aromatic heterocycles. The Balaban J connectivity index is 1.45. The van der Waals surface area contributed by atoms with E-state index in [0.29, 0.717) is 36.0 Å². The summed E-state index contributed by atoms with van der Waals surface area (Å²) in [6.07, 6.45) is 2.29. The molecule has 0 unspecified atom stereocenters. The van der Waals surface area contributed by atoms with Crippen LogP contribution >= 0.6 is 11.6 Å². The van der Waals surface area contributed by atoms with Crippen molar-refractivity contribution in [3.05, 3.63) is 64.3 Å². The number of sulfonamides is 1. The molecule has 0 amide bonds. The number of aromatic nitrogens is 1. The van der Waals surface area contributed by atoms with Gasteiger partial charge in [0.1, 0.15) is 19.0 Å². The maximum Gasteiger partial charge on any atom is 0.263 e. The first-order valence-electron chi connectivity index (χ1n) is 10.9. The summed E-state index contributed by atoms with van der Waals surface area (Å²) in [5.41, 5.74) is 3.22. The third-order valence-corrected chi connectivity index (χ3v) is 7.81. The van der Waals surface area contributed by atoms with Gasteiger partial charge in [0, 0.05) is 30.3 Å². The highest BCUT2D eigenvalue weighted by molar-refractivity contribution is 7.92. The van der Waals surface area contributed by atoms with Crippen LogP contribution in [0.15, 0.2) is 47.5 Å². The van der Waals surface area contributed by atoms with Gasteiger partial charge in [-0.05, 0) is 42.3 Å². The van der Waals surface area contributed by atoms with Crippen molar-refractivity contribution in [2.45, 2.75) is 24.8 Å². The fourth-order valence-corrected chi connectivity index (χ4v) is 5.53. The molecule has 5 rings (SSSR count). The number of fused-ring (bicyclic) bond motifs is 2. The Morgan fingerprint density at radius 1 is 1.21 bits per heavy atom. The summed E-state index contributed by atoms with van der Waals surface area (Å²) in [5.74, 6) is 1.67. The summed E-state index contributed by atoms with van der Waals surface area (Å²) >= 11 is 6.14. The Morgan fingerprint density at radius 3 is 2.91 bits per heavy atom. The van der Waals surface area contributed by atoms with Crippen LogP contribution < -0.4 is 23.8 Å². The van der Waals surface area contributed by atoms with Crippen LogP contribution in [0.25, 0.3) is 0 Å². The van der Waals surface area contributed by atoms with Crippen molar-refractivity contribution < 1.29 is 22.6 Å². The van der Waals surface area contributed by atoms with Gasteiger partial charge < -0.3 is 19.1 Å². The second-order valence-electron chi connectivity index (χ2n) is 8.22. The predicted molar refractivity (Wildman–Crippen MR) is 130 cm³/mol. The number of rotatable bonds is 6. The number of nitrogens with zero attached hydrogens (tertiary/aromatic N) is 2. The van der Waals surface area contributed by atoms with Gasteiger partial charge in [0.2, 0.25) is 5.75 Å². The fraction of sp³-hybridized carbons (Fsp3) is 0.292. The van der Waals surface area contributed by atoms with Crippen LogP contribution in [0.2, 0.25) is 5.02 Å². The second-order valence-corrected chi connectivity index (χ2v) is 10.3. The van der Waals surface area contributed by atoms with Gasteiger partial charge in [0.15, 0.2) is 11.6 Å². The second kappa shape index (κ2) is 8.88. The molecular formula is C24H24ClN3O5S. The SMILES string of the molecule is Cc1c(Cl)cccc1S(=O)(=O)Nc1ncc2c(c1OCc1ccc3c(c1)N(C)CCO3)OCC2. The van der Waals surface area contributed by atoms with Crippen molar-refractivity contribution in [3.8, 4) is 17.2 Å². The Labute approximate surface area is 203 Å². The predicted octanol–water partition coefficient (Wildman–Crippen LogP) is 4.19. The van der Waals surface area contributed by atoms with Gasteiger partial charge in [0.25, 0.3) is 10.0 Å². The largest absolute Gasteiger partial charge is 0.490 e. The van der Waals surface area contributed by atoms with E-state index in [2.05, 4.69) is 14.6 Å². The zero-order valence-electron chi connectivity index (χ0n) is 18.8. The van der Waals surface area contributed by atoms with Crippen molar-refractivity contribution in [1.29, 1.82) is 0 Å². The van der Waals surface area contributed by atoms with Crippen molar-refractivity contribution in [3.63, 3.8) is 0 Å². The molecule has 10 heteroatoms. The number of ether oxygens (including phenoxy) is 3. The molecule has 2 aromatic carbocycles. The van der Waals surface area contributed by atoms with Crippen molar-refractivity contribution >= 4 is 33.1 Å². The first-order chi connectivity index (χ1) is 16.3. The molecule has 0 aliphatic carbocycles. The van der Waals surface area contributed by atoms with Gasteiger partial charge in [-0.3, -0.25) is 4.72 Å². The Morgan fingerprint density at radius 2 is 2.06 bits per heavy atom. The molecule has 0 spiro atoms. The Hall–Kier alpha value is -3.17. The monoisotopic (exact) mass is 501 g/mol. The van der Waals surface area contributed by atoms with E-state index in [1.807, 2.05) is 25.2 Å². The smallest absolute Gasteiger partial charge is 0.263 e. The summed E-state index contributed by atoms with van der Waals surface area (Å²) in [4.78, 5) is 6.55. The minimum absolute atomic E-state index is 0.0680. The molecule has 2 aliphatic rings. The number of nitrogens with one attached hydrogen (secondary N) is 1. The highest BCUT2D eigenvalue weighted by Gasteiger charge is 2.27. The van der Waals surface area contributed by atoms with Crippen LogP contribution in [0.4, 0.5) is 11.5 Å².